The van der Waals surface area contributed by atoms with Gasteiger partial charge in [-0.1, -0.05) is 18.2 Å². The summed E-state index contributed by atoms with van der Waals surface area (Å²) in [6.45, 7) is 0.838. The van der Waals surface area contributed by atoms with Crippen LogP contribution in [0.25, 0.3) is 28.3 Å². The van der Waals surface area contributed by atoms with Gasteiger partial charge in [-0.25, -0.2) is 23.9 Å². The first-order valence-electron chi connectivity index (χ1n) is 11.1. The molecule has 1 aliphatic rings. The first-order chi connectivity index (χ1) is 16.7. The van der Waals surface area contributed by atoms with E-state index >= 15 is 0 Å². The summed E-state index contributed by atoms with van der Waals surface area (Å²) in [6.07, 6.45) is 5.10. The van der Waals surface area contributed by atoms with Gasteiger partial charge in [0, 0.05) is 24.4 Å². The number of halogens is 2. The van der Waals surface area contributed by atoms with Crippen LogP contribution in [0.3, 0.4) is 0 Å². The molecule has 1 atom stereocenters. The Kier molecular flexibility index (Phi) is 4.98. The van der Waals surface area contributed by atoms with Gasteiger partial charge in [0.25, 0.3) is 0 Å². The van der Waals surface area contributed by atoms with E-state index in [0.717, 1.165) is 36.5 Å². The van der Waals surface area contributed by atoms with E-state index in [9.17, 15) is 8.78 Å². The second kappa shape index (κ2) is 8.30. The van der Waals surface area contributed by atoms with Crippen LogP contribution in [0.2, 0.25) is 0 Å². The van der Waals surface area contributed by atoms with Gasteiger partial charge in [-0.2, -0.15) is 4.39 Å². The van der Waals surface area contributed by atoms with E-state index in [1.165, 1.54) is 18.3 Å². The Balaban J connectivity index is 1.39. The molecule has 0 saturated carbocycles. The van der Waals surface area contributed by atoms with Gasteiger partial charge < -0.3 is 4.90 Å². The van der Waals surface area contributed by atoms with Crippen LogP contribution in [0.15, 0.2) is 79.1 Å². The van der Waals surface area contributed by atoms with E-state index in [1.807, 2.05) is 36.4 Å². The van der Waals surface area contributed by atoms with Crippen LogP contribution in [-0.4, -0.2) is 31.1 Å². The molecule has 168 valence electrons. The molecule has 0 N–H and O–H groups in total. The Labute approximate surface area is 194 Å². The number of aromatic nitrogens is 5. The van der Waals surface area contributed by atoms with Gasteiger partial charge in [0.15, 0.2) is 5.65 Å². The van der Waals surface area contributed by atoms with Gasteiger partial charge in [0.2, 0.25) is 5.95 Å². The van der Waals surface area contributed by atoms with E-state index in [-0.39, 0.29) is 11.9 Å². The molecule has 0 radical (unpaired) electrons. The number of imidazole rings is 1. The Morgan fingerprint density at radius 3 is 2.65 bits per heavy atom. The number of hydrogen-bond donors (Lipinski definition) is 0. The molecule has 4 aromatic heterocycles. The van der Waals surface area contributed by atoms with Crippen molar-refractivity contribution >= 4 is 11.5 Å². The lowest BCUT2D eigenvalue weighted by Gasteiger charge is -2.26. The SMILES string of the molecule is Fc1cccc([C@H]2CCCN2c2ccc3ncc(-c4cccc(-c5ccnc(F)c5)n4)n3n2)c1. The summed E-state index contributed by atoms with van der Waals surface area (Å²) in [6, 6.07) is 19.4. The molecule has 0 aliphatic carbocycles. The van der Waals surface area contributed by atoms with Crippen LogP contribution in [0, 0.1) is 11.8 Å². The number of fused-ring (bicyclic) bond motifs is 1. The molecule has 1 saturated heterocycles. The van der Waals surface area contributed by atoms with E-state index < -0.39 is 5.95 Å². The molecule has 0 amide bonds. The van der Waals surface area contributed by atoms with Crippen molar-refractivity contribution in [2.24, 2.45) is 0 Å². The predicted octanol–water partition coefficient (Wildman–Crippen LogP) is 5.47. The predicted molar refractivity (Wildman–Crippen MR) is 125 cm³/mol. The fourth-order valence-electron chi connectivity index (χ4n) is 4.59. The maximum Gasteiger partial charge on any atom is 0.213 e. The highest BCUT2D eigenvalue weighted by atomic mass is 19.1. The zero-order valence-electron chi connectivity index (χ0n) is 18.1. The molecule has 6 nitrogen and oxygen atoms in total. The van der Waals surface area contributed by atoms with Gasteiger partial charge in [-0.3, -0.25) is 0 Å². The van der Waals surface area contributed by atoms with E-state index in [0.29, 0.717) is 22.6 Å². The summed E-state index contributed by atoms with van der Waals surface area (Å²) in [4.78, 5) is 15.0. The molecule has 1 aliphatic heterocycles. The quantitative estimate of drug-likeness (QED) is 0.337. The minimum Gasteiger partial charge on any atom is -0.348 e. The Bertz CT molecular complexity index is 1500. The maximum atomic E-state index is 13.9. The average molecular weight is 454 g/mol. The summed E-state index contributed by atoms with van der Waals surface area (Å²) < 4.78 is 29.2. The van der Waals surface area contributed by atoms with Gasteiger partial charge in [0.1, 0.15) is 17.3 Å². The van der Waals surface area contributed by atoms with Crippen molar-refractivity contribution in [2.75, 3.05) is 11.4 Å². The van der Waals surface area contributed by atoms with Gasteiger partial charge in [0.05, 0.1) is 23.6 Å². The lowest BCUT2D eigenvalue weighted by atomic mass is 10.0. The highest BCUT2D eigenvalue weighted by Crippen LogP contribution is 2.35. The third-order valence-corrected chi connectivity index (χ3v) is 6.16. The van der Waals surface area contributed by atoms with E-state index in [2.05, 4.69) is 14.9 Å². The number of nitrogens with zero attached hydrogens (tertiary/aromatic N) is 6. The zero-order chi connectivity index (χ0) is 23.1. The molecule has 0 unspecified atom stereocenters. The number of pyridine rings is 2. The normalized spacial score (nSPS) is 15.8. The van der Waals surface area contributed by atoms with Crippen molar-refractivity contribution in [1.29, 1.82) is 0 Å². The maximum absolute atomic E-state index is 13.9. The smallest absolute Gasteiger partial charge is 0.213 e. The molecular weight excluding hydrogens is 434 g/mol. The molecule has 8 heteroatoms. The molecule has 34 heavy (non-hydrogen) atoms. The lowest BCUT2D eigenvalue weighted by Crippen LogP contribution is -2.24. The molecule has 1 fully saturated rings. The topological polar surface area (TPSA) is 59.2 Å². The van der Waals surface area contributed by atoms with Crippen LogP contribution in [0.5, 0.6) is 0 Å². The molecule has 6 rings (SSSR count). The number of anilines is 1. The minimum absolute atomic E-state index is 0.0654. The molecule has 1 aromatic carbocycles. The van der Waals surface area contributed by atoms with Gasteiger partial charge in [-0.15, -0.1) is 5.10 Å². The fraction of sp³-hybridized carbons (Fsp3) is 0.154. The number of hydrogen-bond acceptors (Lipinski definition) is 5. The summed E-state index contributed by atoms with van der Waals surface area (Å²) in [5.74, 6) is 0.0137. The van der Waals surface area contributed by atoms with Crippen molar-refractivity contribution in [3.8, 4) is 22.6 Å². The van der Waals surface area contributed by atoms with Crippen molar-refractivity contribution in [1.82, 2.24) is 24.6 Å². The number of rotatable bonds is 4. The van der Waals surface area contributed by atoms with Crippen LogP contribution < -0.4 is 4.90 Å². The van der Waals surface area contributed by atoms with Crippen molar-refractivity contribution < 1.29 is 8.78 Å². The highest BCUT2D eigenvalue weighted by molar-refractivity contribution is 5.66. The second-order valence-electron chi connectivity index (χ2n) is 8.29. The summed E-state index contributed by atoms with van der Waals surface area (Å²) in [5.41, 5.74) is 4.33. The minimum atomic E-state index is -0.552. The Hall–Kier alpha value is -4.20. The summed E-state index contributed by atoms with van der Waals surface area (Å²) in [7, 11) is 0. The molecule has 0 spiro atoms. The highest BCUT2D eigenvalue weighted by Gasteiger charge is 2.28. The number of benzene rings is 1. The van der Waals surface area contributed by atoms with Crippen LogP contribution in [0.4, 0.5) is 14.6 Å². The molecule has 5 aromatic rings. The third kappa shape index (κ3) is 3.67. The summed E-state index contributed by atoms with van der Waals surface area (Å²) >= 11 is 0. The monoisotopic (exact) mass is 454 g/mol. The van der Waals surface area contributed by atoms with Crippen molar-refractivity contribution in [2.45, 2.75) is 18.9 Å². The lowest BCUT2D eigenvalue weighted by molar-refractivity contribution is 0.584. The standard InChI is InChI=1S/C26H20F2N6/c27-19-5-1-4-18(14-19)22-8-3-13-33(22)26-10-9-25-30-16-23(34(25)32-26)21-7-2-6-20(31-21)17-11-12-29-24(28)15-17/h1-2,4-7,9-12,14-16,22H,3,8,13H2/t22-/m1/s1. The largest absolute Gasteiger partial charge is 0.348 e. The fourth-order valence-corrected chi connectivity index (χ4v) is 4.59. The zero-order valence-corrected chi connectivity index (χ0v) is 18.1. The first kappa shape index (κ1) is 20.4. The first-order valence-corrected chi connectivity index (χ1v) is 11.1. The van der Waals surface area contributed by atoms with Crippen LogP contribution >= 0.6 is 0 Å². The van der Waals surface area contributed by atoms with E-state index in [1.54, 1.807) is 28.9 Å². The Morgan fingerprint density at radius 2 is 1.76 bits per heavy atom. The second-order valence-corrected chi connectivity index (χ2v) is 8.29. The molecule has 5 heterocycles. The van der Waals surface area contributed by atoms with Crippen LogP contribution in [0.1, 0.15) is 24.4 Å². The van der Waals surface area contributed by atoms with Gasteiger partial charge in [-0.05, 0) is 60.9 Å². The van der Waals surface area contributed by atoms with E-state index in [4.69, 9.17) is 10.1 Å². The van der Waals surface area contributed by atoms with Crippen LogP contribution in [-0.2, 0) is 0 Å². The molecule has 0 bridgehead atoms. The molecular formula is C26H20F2N6. The summed E-state index contributed by atoms with van der Waals surface area (Å²) in [5, 5.41) is 4.88. The van der Waals surface area contributed by atoms with Crippen molar-refractivity contribution in [3.05, 3.63) is 96.5 Å². The van der Waals surface area contributed by atoms with Gasteiger partial charge >= 0.3 is 0 Å². The van der Waals surface area contributed by atoms with Crippen molar-refractivity contribution in [3.63, 3.8) is 0 Å². The Morgan fingerprint density at radius 1 is 0.882 bits per heavy atom. The third-order valence-electron chi connectivity index (χ3n) is 6.16. The average Bonchev–Trinajstić information content (AvgIpc) is 3.51.